The van der Waals surface area contributed by atoms with E-state index in [4.69, 9.17) is 0 Å². The summed E-state index contributed by atoms with van der Waals surface area (Å²) >= 11 is 0. The number of rotatable bonds is 5. The topological polar surface area (TPSA) is 83.0 Å². The number of carbonyl (C=O) groups excluding carboxylic acids is 2. The summed E-state index contributed by atoms with van der Waals surface area (Å²) in [7, 11) is 3.38. The van der Waals surface area contributed by atoms with Crippen LogP contribution in [0.5, 0.6) is 0 Å². The minimum atomic E-state index is -0.239. The molecule has 0 aliphatic heterocycles. The molecular weight excluding hydrogens is 330 g/mol. The van der Waals surface area contributed by atoms with Gasteiger partial charge in [0, 0.05) is 43.1 Å². The Morgan fingerprint density at radius 3 is 2.69 bits per heavy atom. The molecule has 2 amide bonds. The molecule has 1 aromatic carbocycles. The highest BCUT2D eigenvalue weighted by atomic mass is 16.2. The molecule has 0 spiro atoms. The molecule has 0 saturated heterocycles. The van der Waals surface area contributed by atoms with Gasteiger partial charge in [0.25, 0.3) is 5.91 Å². The summed E-state index contributed by atoms with van der Waals surface area (Å²) in [4.78, 5) is 29.0. The minimum Gasteiger partial charge on any atom is -0.358 e. The van der Waals surface area contributed by atoms with Gasteiger partial charge in [-0.3, -0.25) is 14.3 Å². The molecule has 0 bridgehead atoms. The molecule has 0 atom stereocenters. The second kappa shape index (κ2) is 7.03. The van der Waals surface area contributed by atoms with E-state index in [1.54, 1.807) is 32.4 Å². The number of likely N-dealkylation sites (N-methyl/N-ethyl adjacent to an activating group) is 1. The van der Waals surface area contributed by atoms with E-state index in [1.807, 2.05) is 12.1 Å². The van der Waals surface area contributed by atoms with Crippen molar-refractivity contribution in [2.45, 2.75) is 26.3 Å². The SMILES string of the molecule is CC(C)c1cc2ccc(C(=O)Nc3ccn(CC(=O)N(C)C)n3)cc2[nH]1. The summed E-state index contributed by atoms with van der Waals surface area (Å²) in [5, 5.41) is 8.06. The Labute approximate surface area is 152 Å². The molecular formula is C19H23N5O2. The van der Waals surface area contributed by atoms with Gasteiger partial charge in [-0.05, 0) is 29.5 Å². The molecule has 0 unspecified atom stereocenters. The molecule has 0 saturated carbocycles. The number of anilines is 1. The maximum atomic E-state index is 12.5. The van der Waals surface area contributed by atoms with Crippen molar-refractivity contribution >= 4 is 28.5 Å². The van der Waals surface area contributed by atoms with Crippen LogP contribution >= 0.6 is 0 Å². The van der Waals surface area contributed by atoms with Crippen molar-refractivity contribution in [3.8, 4) is 0 Å². The number of hydrogen-bond acceptors (Lipinski definition) is 3. The van der Waals surface area contributed by atoms with Crippen LogP contribution in [0.15, 0.2) is 36.5 Å². The predicted molar refractivity (Wildman–Crippen MR) is 101 cm³/mol. The van der Waals surface area contributed by atoms with Gasteiger partial charge in [-0.15, -0.1) is 0 Å². The number of aromatic nitrogens is 3. The average molecular weight is 353 g/mol. The predicted octanol–water partition coefficient (Wildman–Crippen LogP) is 2.83. The summed E-state index contributed by atoms with van der Waals surface area (Å²) in [5.41, 5.74) is 2.62. The Balaban J connectivity index is 1.72. The third kappa shape index (κ3) is 3.77. The lowest BCUT2D eigenvalue weighted by Crippen LogP contribution is -2.26. The van der Waals surface area contributed by atoms with Crippen molar-refractivity contribution in [1.82, 2.24) is 19.7 Å². The zero-order valence-electron chi connectivity index (χ0n) is 15.4. The number of benzene rings is 1. The molecule has 26 heavy (non-hydrogen) atoms. The first-order valence-corrected chi connectivity index (χ1v) is 8.51. The zero-order valence-corrected chi connectivity index (χ0v) is 15.4. The second-order valence-corrected chi connectivity index (χ2v) is 6.82. The van der Waals surface area contributed by atoms with Crippen molar-refractivity contribution in [1.29, 1.82) is 0 Å². The fraction of sp³-hybridized carbons (Fsp3) is 0.316. The van der Waals surface area contributed by atoms with E-state index in [1.165, 1.54) is 9.58 Å². The fourth-order valence-electron chi connectivity index (χ4n) is 2.59. The van der Waals surface area contributed by atoms with Crippen LogP contribution in [0.2, 0.25) is 0 Å². The Morgan fingerprint density at radius 1 is 1.23 bits per heavy atom. The van der Waals surface area contributed by atoms with Gasteiger partial charge >= 0.3 is 0 Å². The van der Waals surface area contributed by atoms with E-state index in [2.05, 4.69) is 35.3 Å². The quantitative estimate of drug-likeness (QED) is 0.740. The van der Waals surface area contributed by atoms with Crippen molar-refractivity contribution in [2.75, 3.05) is 19.4 Å². The van der Waals surface area contributed by atoms with Crippen molar-refractivity contribution in [3.05, 3.63) is 47.8 Å². The monoisotopic (exact) mass is 353 g/mol. The van der Waals surface area contributed by atoms with Crippen LogP contribution in [-0.4, -0.2) is 45.6 Å². The molecule has 3 rings (SSSR count). The zero-order chi connectivity index (χ0) is 18.8. The summed E-state index contributed by atoms with van der Waals surface area (Å²) in [5.74, 6) is 0.505. The highest BCUT2D eigenvalue weighted by Crippen LogP contribution is 2.22. The summed E-state index contributed by atoms with van der Waals surface area (Å²) in [6.45, 7) is 4.38. The van der Waals surface area contributed by atoms with Crippen LogP contribution in [0.25, 0.3) is 10.9 Å². The van der Waals surface area contributed by atoms with E-state index < -0.39 is 0 Å². The van der Waals surface area contributed by atoms with E-state index in [9.17, 15) is 9.59 Å². The lowest BCUT2D eigenvalue weighted by molar-refractivity contribution is -0.129. The summed E-state index contributed by atoms with van der Waals surface area (Å²) in [6, 6.07) is 9.34. The summed E-state index contributed by atoms with van der Waals surface area (Å²) < 4.78 is 1.50. The van der Waals surface area contributed by atoms with Crippen molar-refractivity contribution in [3.63, 3.8) is 0 Å². The van der Waals surface area contributed by atoms with Crippen LogP contribution in [0, 0.1) is 0 Å². The van der Waals surface area contributed by atoms with Gasteiger partial charge in [-0.1, -0.05) is 19.9 Å². The van der Waals surface area contributed by atoms with Crippen LogP contribution in [0.4, 0.5) is 5.82 Å². The Bertz CT molecular complexity index is 952. The molecule has 2 heterocycles. The normalized spacial score (nSPS) is 11.1. The summed E-state index contributed by atoms with van der Waals surface area (Å²) in [6.07, 6.45) is 1.67. The van der Waals surface area contributed by atoms with Gasteiger partial charge in [0.1, 0.15) is 6.54 Å². The molecule has 2 N–H and O–H groups in total. The lowest BCUT2D eigenvalue weighted by Gasteiger charge is -2.09. The van der Waals surface area contributed by atoms with Gasteiger partial charge in [0.05, 0.1) is 0 Å². The molecule has 7 heteroatoms. The third-order valence-electron chi connectivity index (χ3n) is 4.21. The first-order valence-electron chi connectivity index (χ1n) is 8.51. The number of nitrogens with zero attached hydrogens (tertiary/aromatic N) is 3. The standard InChI is InChI=1S/C19H23N5O2/c1-12(2)15-9-13-5-6-14(10-16(13)20-15)19(26)21-17-7-8-24(22-17)11-18(25)23(3)4/h5-10,12,20H,11H2,1-4H3,(H,21,22,26). The smallest absolute Gasteiger partial charge is 0.256 e. The van der Waals surface area contributed by atoms with Gasteiger partial charge in [-0.2, -0.15) is 5.10 Å². The molecule has 0 aliphatic carbocycles. The Morgan fingerprint density at radius 2 is 2.00 bits per heavy atom. The van der Waals surface area contributed by atoms with Gasteiger partial charge in [-0.25, -0.2) is 0 Å². The van der Waals surface area contributed by atoms with Gasteiger partial charge < -0.3 is 15.2 Å². The Hall–Kier alpha value is -3.09. The van der Waals surface area contributed by atoms with Crippen molar-refractivity contribution in [2.24, 2.45) is 0 Å². The molecule has 2 aromatic heterocycles. The fourth-order valence-corrected chi connectivity index (χ4v) is 2.59. The highest BCUT2D eigenvalue weighted by molar-refractivity contribution is 6.05. The van der Waals surface area contributed by atoms with Gasteiger partial charge in [0.2, 0.25) is 5.91 Å². The van der Waals surface area contributed by atoms with Crippen LogP contribution in [-0.2, 0) is 11.3 Å². The molecule has 7 nitrogen and oxygen atoms in total. The number of amides is 2. The minimum absolute atomic E-state index is 0.0656. The van der Waals surface area contributed by atoms with E-state index in [-0.39, 0.29) is 18.4 Å². The van der Waals surface area contributed by atoms with Crippen LogP contribution < -0.4 is 5.32 Å². The number of H-pyrrole nitrogens is 1. The third-order valence-corrected chi connectivity index (χ3v) is 4.21. The highest BCUT2D eigenvalue weighted by Gasteiger charge is 2.12. The number of hydrogen-bond donors (Lipinski definition) is 2. The molecule has 3 aromatic rings. The first-order chi connectivity index (χ1) is 12.3. The van der Waals surface area contributed by atoms with Crippen LogP contribution in [0.1, 0.15) is 35.8 Å². The largest absolute Gasteiger partial charge is 0.358 e. The van der Waals surface area contributed by atoms with E-state index in [0.717, 1.165) is 16.6 Å². The molecule has 0 radical (unpaired) electrons. The maximum Gasteiger partial charge on any atom is 0.256 e. The number of nitrogens with one attached hydrogen (secondary N) is 2. The lowest BCUT2D eigenvalue weighted by atomic mass is 10.1. The Kier molecular flexibility index (Phi) is 4.79. The first kappa shape index (κ1) is 17.7. The number of carbonyl (C=O) groups is 2. The second-order valence-electron chi connectivity index (χ2n) is 6.82. The van der Waals surface area contributed by atoms with E-state index in [0.29, 0.717) is 17.3 Å². The molecule has 136 valence electrons. The molecule has 0 fully saturated rings. The van der Waals surface area contributed by atoms with Gasteiger partial charge in [0.15, 0.2) is 5.82 Å². The van der Waals surface area contributed by atoms with E-state index >= 15 is 0 Å². The molecule has 0 aliphatic rings. The van der Waals surface area contributed by atoms with Crippen molar-refractivity contribution < 1.29 is 9.59 Å². The number of fused-ring (bicyclic) bond motifs is 1. The van der Waals surface area contributed by atoms with Crippen LogP contribution in [0.3, 0.4) is 0 Å². The maximum absolute atomic E-state index is 12.5. The number of aromatic amines is 1. The average Bonchev–Trinajstić information content (AvgIpc) is 3.20.